The predicted octanol–water partition coefficient (Wildman–Crippen LogP) is 3.28. The van der Waals surface area contributed by atoms with Crippen molar-refractivity contribution in [2.24, 2.45) is 0 Å². The number of esters is 1. The molecule has 0 saturated heterocycles. The fourth-order valence-corrected chi connectivity index (χ4v) is 3.45. The minimum absolute atomic E-state index is 0.00462. The first kappa shape index (κ1) is 17.8. The highest BCUT2D eigenvalue weighted by molar-refractivity contribution is 5.83. The smallest absolute Gasteiger partial charge is 0.344 e. The van der Waals surface area contributed by atoms with Crippen LogP contribution in [0.5, 0.6) is 5.75 Å². The van der Waals surface area contributed by atoms with E-state index in [0.717, 1.165) is 35.8 Å². The zero-order valence-corrected chi connectivity index (χ0v) is 15.1. The third-order valence-corrected chi connectivity index (χ3v) is 4.83. The van der Waals surface area contributed by atoms with Gasteiger partial charge in [0.2, 0.25) is 0 Å². The number of nitrogens with zero attached hydrogens (tertiary/aromatic N) is 1. The lowest BCUT2D eigenvalue weighted by Gasteiger charge is -2.09. The zero-order chi connectivity index (χ0) is 19.5. The van der Waals surface area contributed by atoms with Crippen LogP contribution in [0.4, 0.5) is 0 Å². The maximum absolute atomic E-state index is 12.1. The van der Waals surface area contributed by atoms with E-state index in [1.807, 2.05) is 6.07 Å². The second-order valence-corrected chi connectivity index (χ2v) is 6.58. The number of hydrogen-bond acceptors (Lipinski definition) is 6. The average molecular weight is 375 g/mol. The molecule has 0 radical (unpaired) electrons. The first-order chi connectivity index (χ1) is 13.7. The summed E-state index contributed by atoms with van der Waals surface area (Å²) < 4.78 is 16.0. The summed E-state index contributed by atoms with van der Waals surface area (Å²) in [6, 6.07) is 14.2. The number of carbonyl (C=O) groups is 1. The van der Waals surface area contributed by atoms with Crippen LogP contribution in [0.15, 0.2) is 51.7 Å². The lowest BCUT2D eigenvalue weighted by atomic mass is 10.1. The molecule has 0 unspecified atom stereocenters. The van der Waals surface area contributed by atoms with E-state index in [4.69, 9.17) is 19.2 Å². The Bertz CT molecular complexity index is 1160. The van der Waals surface area contributed by atoms with Crippen LogP contribution < -0.4 is 10.4 Å². The van der Waals surface area contributed by atoms with E-state index >= 15 is 0 Å². The molecule has 0 aliphatic heterocycles. The standard InChI is InChI=1S/C22H17NO5/c23-11-14-4-1-2-5-15(14)12-27-21(24)13-26-16-8-9-18-17-6-3-7-19(17)22(25)28-20(18)10-16/h1-2,4-5,8-10H,3,6-7,12-13H2. The van der Waals surface area contributed by atoms with Gasteiger partial charge in [-0.25, -0.2) is 9.59 Å². The third-order valence-electron chi connectivity index (χ3n) is 4.83. The Morgan fingerprint density at radius 1 is 1.14 bits per heavy atom. The first-order valence-corrected chi connectivity index (χ1v) is 9.01. The number of carbonyl (C=O) groups excluding carboxylic acids is 1. The summed E-state index contributed by atoms with van der Waals surface area (Å²) in [7, 11) is 0. The molecule has 0 saturated carbocycles. The largest absolute Gasteiger partial charge is 0.482 e. The highest BCUT2D eigenvalue weighted by Crippen LogP contribution is 2.29. The Morgan fingerprint density at radius 2 is 1.96 bits per heavy atom. The molecule has 0 atom stereocenters. The molecule has 140 valence electrons. The summed E-state index contributed by atoms with van der Waals surface area (Å²) in [5.41, 5.74) is 3.08. The molecule has 0 bridgehead atoms. The van der Waals surface area contributed by atoms with Crippen molar-refractivity contribution in [3.05, 3.63) is 75.1 Å². The summed E-state index contributed by atoms with van der Waals surface area (Å²) in [4.78, 5) is 24.0. The molecular formula is C22H17NO5. The van der Waals surface area contributed by atoms with Gasteiger partial charge < -0.3 is 13.9 Å². The summed E-state index contributed by atoms with van der Waals surface area (Å²) in [5.74, 6) is -0.133. The van der Waals surface area contributed by atoms with Crippen molar-refractivity contribution in [1.82, 2.24) is 0 Å². The van der Waals surface area contributed by atoms with Crippen molar-refractivity contribution in [3.8, 4) is 11.8 Å². The monoisotopic (exact) mass is 375 g/mol. The SMILES string of the molecule is N#Cc1ccccc1COC(=O)COc1ccc2c3c(c(=O)oc2c1)CCC3. The molecule has 4 rings (SSSR count). The van der Waals surface area contributed by atoms with Crippen molar-refractivity contribution in [2.75, 3.05) is 6.61 Å². The molecule has 0 amide bonds. The van der Waals surface area contributed by atoms with Gasteiger partial charge in [0.25, 0.3) is 0 Å². The highest BCUT2D eigenvalue weighted by atomic mass is 16.6. The number of rotatable bonds is 5. The van der Waals surface area contributed by atoms with Crippen molar-refractivity contribution in [2.45, 2.75) is 25.9 Å². The second-order valence-electron chi connectivity index (χ2n) is 6.58. The molecule has 6 nitrogen and oxygen atoms in total. The van der Waals surface area contributed by atoms with Gasteiger partial charge in [-0.15, -0.1) is 0 Å². The van der Waals surface area contributed by atoms with Crippen LogP contribution in [-0.4, -0.2) is 12.6 Å². The zero-order valence-electron chi connectivity index (χ0n) is 15.1. The third kappa shape index (κ3) is 3.47. The first-order valence-electron chi connectivity index (χ1n) is 9.01. The average Bonchev–Trinajstić information content (AvgIpc) is 3.21. The van der Waals surface area contributed by atoms with E-state index in [1.165, 1.54) is 0 Å². The van der Waals surface area contributed by atoms with Crippen LogP contribution in [0.3, 0.4) is 0 Å². The van der Waals surface area contributed by atoms with Gasteiger partial charge in [0, 0.05) is 22.6 Å². The molecule has 28 heavy (non-hydrogen) atoms. The number of ether oxygens (including phenoxy) is 2. The minimum atomic E-state index is -0.553. The number of hydrogen-bond donors (Lipinski definition) is 0. The molecule has 0 N–H and O–H groups in total. The molecule has 3 aromatic rings. The fraction of sp³-hybridized carbons (Fsp3) is 0.227. The number of fused-ring (bicyclic) bond motifs is 3. The number of nitriles is 1. The van der Waals surface area contributed by atoms with Crippen molar-refractivity contribution in [3.63, 3.8) is 0 Å². The number of benzene rings is 2. The number of aryl methyl sites for hydroxylation is 1. The maximum atomic E-state index is 12.1. The lowest BCUT2D eigenvalue weighted by molar-refractivity contribution is -0.147. The molecule has 1 aliphatic carbocycles. The van der Waals surface area contributed by atoms with Gasteiger partial charge in [-0.3, -0.25) is 0 Å². The molecule has 6 heteroatoms. The molecule has 0 spiro atoms. The van der Waals surface area contributed by atoms with Gasteiger partial charge in [-0.2, -0.15) is 5.26 Å². The Kier molecular flexibility index (Phi) is 4.81. The van der Waals surface area contributed by atoms with Crippen LogP contribution in [-0.2, 0) is 29.0 Å². The van der Waals surface area contributed by atoms with E-state index < -0.39 is 5.97 Å². The Labute approximate surface area is 160 Å². The van der Waals surface area contributed by atoms with Crippen LogP contribution in [0, 0.1) is 11.3 Å². The summed E-state index contributed by atoms with van der Waals surface area (Å²) in [5, 5.41) is 9.97. The van der Waals surface area contributed by atoms with Crippen LogP contribution in [0.1, 0.15) is 28.7 Å². The molecular weight excluding hydrogens is 358 g/mol. The van der Waals surface area contributed by atoms with E-state index in [-0.39, 0.29) is 18.8 Å². The molecule has 1 aromatic heterocycles. The Balaban J connectivity index is 1.41. The summed E-state index contributed by atoms with van der Waals surface area (Å²) in [6.45, 7) is -0.278. The molecule has 0 fully saturated rings. The van der Waals surface area contributed by atoms with Gasteiger partial charge in [0.1, 0.15) is 17.9 Å². The van der Waals surface area contributed by atoms with E-state index in [0.29, 0.717) is 22.5 Å². The Hall–Kier alpha value is -3.59. The van der Waals surface area contributed by atoms with Gasteiger partial charge in [-0.1, -0.05) is 18.2 Å². The fourth-order valence-electron chi connectivity index (χ4n) is 3.45. The van der Waals surface area contributed by atoms with Crippen LogP contribution in [0.2, 0.25) is 0 Å². The summed E-state index contributed by atoms with van der Waals surface area (Å²) >= 11 is 0. The van der Waals surface area contributed by atoms with Crippen molar-refractivity contribution >= 4 is 16.9 Å². The van der Waals surface area contributed by atoms with Gasteiger partial charge in [-0.05, 0) is 43.0 Å². The Morgan fingerprint density at radius 3 is 2.82 bits per heavy atom. The minimum Gasteiger partial charge on any atom is -0.482 e. The second kappa shape index (κ2) is 7.57. The molecule has 2 aromatic carbocycles. The topological polar surface area (TPSA) is 89.5 Å². The quantitative estimate of drug-likeness (QED) is 0.502. The maximum Gasteiger partial charge on any atom is 0.344 e. The molecule has 1 heterocycles. The van der Waals surface area contributed by atoms with Crippen LogP contribution >= 0.6 is 0 Å². The highest BCUT2D eigenvalue weighted by Gasteiger charge is 2.19. The van der Waals surface area contributed by atoms with E-state index in [2.05, 4.69) is 6.07 Å². The van der Waals surface area contributed by atoms with Gasteiger partial charge in [0.05, 0.1) is 11.6 Å². The van der Waals surface area contributed by atoms with Gasteiger partial charge >= 0.3 is 11.6 Å². The summed E-state index contributed by atoms with van der Waals surface area (Å²) in [6.07, 6.45) is 2.58. The molecule has 1 aliphatic rings. The van der Waals surface area contributed by atoms with E-state index in [1.54, 1.807) is 36.4 Å². The van der Waals surface area contributed by atoms with Crippen molar-refractivity contribution in [1.29, 1.82) is 5.26 Å². The predicted molar refractivity (Wildman–Crippen MR) is 101 cm³/mol. The van der Waals surface area contributed by atoms with E-state index in [9.17, 15) is 9.59 Å². The van der Waals surface area contributed by atoms with Crippen LogP contribution in [0.25, 0.3) is 11.0 Å². The lowest BCUT2D eigenvalue weighted by Crippen LogP contribution is -2.15. The van der Waals surface area contributed by atoms with Crippen molar-refractivity contribution < 1.29 is 18.7 Å². The van der Waals surface area contributed by atoms with Gasteiger partial charge in [0.15, 0.2) is 6.61 Å². The normalized spacial score (nSPS) is 12.4.